The molecule has 2 rings (SSSR count). The number of thioether (sulfide) groups is 1. The molecule has 1 aliphatic rings. The van der Waals surface area contributed by atoms with Crippen molar-refractivity contribution in [3.05, 3.63) is 23.8 Å². The van der Waals surface area contributed by atoms with Gasteiger partial charge in [-0.05, 0) is 31.4 Å². The summed E-state index contributed by atoms with van der Waals surface area (Å²) in [7, 11) is 0. The van der Waals surface area contributed by atoms with Gasteiger partial charge in [-0.15, -0.1) is 11.8 Å². The summed E-state index contributed by atoms with van der Waals surface area (Å²) in [6.07, 6.45) is 6.66. The van der Waals surface area contributed by atoms with Crippen molar-refractivity contribution in [3.8, 4) is 0 Å². The van der Waals surface area contributed by atoms with Crippen molar-refractivity contribution in [1.82, 2.24) is 5.32 Å². The average molecular weight is 292 g/mol. The fourth-order valence-corrected chi connectivity index (χ4v) is 3.58. The standard InChI is InChI=1S/C16H24N2OS/c1-12-6-5-9-14(16(12)17)20-11-10-15(19)18-13-7-3-2-4-8-13/h5-6,9,13H,2-4,7-8,10-11,17H2,1H3,(H,18,19). The molecule has 1 saturated carbocycles. The molecule has 3 N–H and O–H groups in total. The van der Waals surface area contributed by atoms with Gasteiger partial charge in [0, 0.05) is 28.8 Å². The lowest BCUT2D eigenvalue weighted by Gasteiger charge is -2.22. The second kappa shape index (κ2) is 7.58. The molecule has 4 heteroatoms. The van der Waals surface area contributed by atoms with Crippen LogP contribution in [0, 0.1) is 6.92 Å². The second-order valence-electron chi connectivity index (χ2n) is 5.49. The van der Waals surface area contributed by atoms with E-state index < -0.39 is 0 Å². The minimum absolute atomic E-state index is 0.177. The smallest absolute Gasteiger partial charge is 0.221 e. The summed E-state index contributed by atoms with van der Waals surface area (Å²) < 4.78 is 0. The predicted molar refractivity (Wildman–Crippen MR) is 85.9 cm³/mol. The van der Waals surface area contributed by atoms with Crippen molar-refractivity contribution in [1.29, 1.82) is 0 Å². The third-order valence-electron chi connectivity index (χ3n) is 3.84. The minimum Gasteiger partial charge on any atom is -0.398 e. The third-order valence-corrected chi connectivity index (χ3v) is 4.92. The zero-order valence-electron chi connectivity index (χ0n) is 12.2. The molecule has 0 atom stereocenters. The van der Waals surface area contributed by atoms with Gasteiger partial charge in [-0.25, -0.2) is 0 Å². The number of hydrogen-bond acceptors (Lipinski definition) is 3. The summed E-state index contributed by atoms with van der Waals surface area (Å²) in [6.45, 7) is 2.01. The van der Waals surface area contributed by atoms with Crippen molar-refractivity contribution in [2.45, 2.75) is 56.4 Å². The molecule has 0 spiro atoms. The first-order valence-electron chi connectivity index (χ1n) is 7.44. The summed E-state index contributed by atoms with van der Waals surface area (Å²) >= 11 is 1.67. The number of nitrogens with two attached hydrogens (primary N) is 1. The molecular formula is C16H24N2OS. The lowest BCUT2D eigenvalue weighted by atomic mass is 9.95. The van der Waals surface area contributed by atoms with Gasteiger partial charge in [0.05, 0.1) is 0 Å². The summed E-state index contributed by atoms with van der Waals surface area (Å²) in [5.74, 6) is 0.960. The highest BCUT2D eigenvalue weighted by Gasteiger charge is 2.15. The van der Waals surface area contributed by atoms with Gasteiger partial charge < -0.3 is 11.1 Å². The van der Waals surface area contributed by atoms with E-state index in [0.717, 1.165) is 34.7 Å². The van der Waals surface area contributed by atoms with Crippen molar-refractivity contribution in [2.75, 3.05) is 11.5 Å². The first-order valence-corrected chi connectivity index (χ1v) is 8.42. The first-order chi connectivity index (χ1) is 9.66. The maximum absolute atomic E-state index is 11.9. The number of nitrogen functional groups attached to an aromatic ring is 1. The highest BCUT2D eigenvalue weighted by molar-refractivity contribution is 7.99. The Hall–Kier alpha value is -1.16. The molecule has 0 radical (unpaired) electrons. The molecule has 0 heterocycles. The Morgan fingerprint density at radius 1 is 1.35 bits per heavy atom. The largest absolute Gasteiger partial charge is 0.398 e. The Balaban J connectivity index is 1.72. The maximum atomic E-state index is 11.9. The van der Waals surface area contributed by atoms with Gasteiger partial charge in [0.25, 0.3) is 0 Å². The molecule has 0 unspecified atom stereocenters. The van der Waals surface area contributed by atoms with Crippen molar-refractivity contribution >= 4 is 23.4 Å². The van der Waals surface area contributed by atoms with E-state index in [4.69, 9.17) is 5.73 Å². The molecule has 0 bridgehead atoms. The lowest BCUT2D eigenvalue weighted by Crippen LogP contribution is -2.36. The molecule has 0 aliphatic heterocycles. The number of para-hydroxylation sites is 1. The van der Waals surface area contributed by atoms with Gasteiger partial charge in [-0.3, -0.25) is 4.79 Å². The van der Waals surface area contributed by atoms with Gasteiger partial charge in [0.15, 0.2) is 0 Å². The molecule has 1 aromatic rings. The number of hydrogen-bond donors (Lipinski definition) is 2. The number of carbonyl (C=O) groups excluding carboxylic acids is 1. The number of benzene rings is 1. The van der Waals surface area contributed by atoms with E-state index in [9.17, 15) is 4.79 Å². The number of nitrogens with one attached hydrogen (secondary N) is 1. The van der Waals surface area contributed by atoms with Gasteiger partial charge in [0.2, 0.25) is 5.91 Å². The number of anilines is 1. The van der Waals surface area contributed by atoms with E-state index in [1.807, 2.05) is 25.1 Å². The highest BCUT2D eigenvalue weighted by Crippen LogP contribution is 2.27. The van der Waals surface area contributed by atoms with Crippen LogP contribution < -0.4 is 11.1 Å². The molecule has 3 nitrogen and oxygen atoms in total. The van der Waals surface area contributed by atoms with Gasteiger partial charge in [-0.2, -0.15) is 0 Å². The summed E-state index contributed by atoms with van der Waals surface area (Å²) in [5.41, 5.74) is 7.96. The first kappa shape index (κ1) is 15.2. The fraction of sp³-hybridized carbons (Fsp3) is 0.562. The van der Waals surface area contributed by atoms with Gasteiger partial charge >= 0.3 is 0 Å². The summed E-state index contributed by atoms with van der Waals surface area (Å²) in [5, 5.41) is 3.15. The second-order valence-corrected chi connectivity index (χ2v) is 6.62. The predicted octanol–water partition coefficient (Wildman–Crippen LogP) is 3.51. The molecule has 1 aliphatic carbocycles. The highest BCUT2D eigenvalue weighted by atomic mass is 32.2. The topological polar surface area (TPSA) is 55.1 Å². The Kier molecular flexibility index (Phi) is 5.77. The van der Waals surface area contributed by atoms with Crippen LogP contribution in [0.2, 0.25) is 0 Å². The third kappa shape index (κ3) is 4.44. The van der Waals surface area contributed by atoms with E-state index in [2.05, 4.69) is 5.32 Å². The minimum atomic E-state index is 0.177. The Labute approximate surface area is 125 Å². The zero-order valence-corrected chi connectivity index (χ0v) is 13.0. The quantitative estimate of drug-likeness (QED) is 0.645. The SMILES string of the molecule is Cc1cccc(SCCC(=O)NC2CCCCC2)c1N. The van der Waals surface area contributed by atoms with Crippen LogP contribution in [0.1, 0.15) is 44.1 Å². The maximum Gasteiger partial charge on any atom is 0.221 e. The van der Waals surface area contributed by atoms with Crippen molar-refractivity contribution in [2.24, 2.45) is 0 Å². The van der Waals surface area contributed by atoms with E-state index in [0.29, 0.717) is 12.5 Å². The monoisotopic (exact) mass is 292 g/mol. The van der Waals surface area contributed by atoms with Gasteiger partial charge in [-0.1, -0.05) is 31.4 Å². The summed E-state index contributed by atoms with van der Waals surface area (Å²) in [4.78, 5) is 13.0. The lowest BCUT2D eigenvalue weighted by molar-refractivity contribution is -0.121. The van der Waals surface area contributed by atoms with E-state index in [1.54, 1.807) is 11.8 Å². The van der Waals surface area contributed by atoms with Crippen LogP contribution in [0.4, 0.5) is 5.69 Å². The molecule has 110 valence electrons. The van der Waals surface area contributed by atoms with Crippen LogP contribution in [0.15, 0.2) is 23.1 Å². The molecule has 1 aromatic carbocycles. The number of carbonyl (C=O) groups is 1. The van der Waals surface area contributed by atoms with Crippen molar-refractivity contribution < 1.29 is 4.79 Å². The molecule has 1 fully saturated rings. The molecule has 20 heavy (non-hydrogen) atoms. The van der Waals surface area contributed by atoms with Crippen LogP contribution in [0.5, 0.6) is 0 Å². The molecule has 0 saturated heterocycles. The van der Waals surface area contributed by atoms with Crippen LogP contribution in [0.25, 0.3) is 0 Å². The molecular weight excluding hydrogens is 268 g/mol. The fourth-order valence-electron chi connectivity index (χ4n) is 2.58. The Morgan fingerprint density at radius 3 is 2.85 bits per heavy atom. The van der Waals surface area contributed by atoms with Crippen LogP contribution in [-0.2, 0) is 4.79 Å². The molecule has 1 amide bonds. The van der Waals surface area contributed by atoms with Crippen LogP contribution >= 0.6 is 11.8 Å². The number of rotatable bonds is 5. The summed E-state index contributed by atoms with van der Waals surface area (Å²) in [6, 6.07) is 6.45. The average Bonchev–Trinajstić information content (AvgIpc) is 2.44. The van der Waals surface area contributed by atoms with E-state index in [1.165, 1.54) is 19.3 Å². The van der Waals surface area contributed by atoms with E-state index in [-0.39, 0.29) is 5.91 Å². The Morgan fingerprint density at radius 2 is 2.10 bits per heavy atom. The normalized spacial score (nSPS) is 16.1. The van der Waals surface area contributed by atoms with E-state index >= 15 is 0 Å². The van der Waals surface area contributed by atoms with Crippen LogP contribution in [-0.4, -0.2) is 17.7 Å². The zero-order chi connectivity index (χ0) is 14.4. The van der Waals surface area contributed by atoms with Gasteiger partial charge in [0.1, 0.15) is 0 Å². The number of amides is 1. The molecule has 0 aromatic heterocycles. The van der Waals surface area contributed by atoms with Crippen LogP contribution in [0.3, 0.4) is 0 Å². The number of aryl methyl sites for hydroxylation is 1. The Bertz CT molecular complexity index is 456. The van der Waals surface area contributed by atoms with Crippen molar-refractivity contribution in [3.63, 3.8) is 0 Å².